The summed E-state index contributed by atoms with van der Waals surface area (Å²) in [7, 11) is 0. The standard InChI is InChI=1S/C17H22FN3O3/c18-14-8-13(9-19-10-14)17(23)21(11-15-4-3-7-24-15)12-16(22)20-5-1-2-6-20/h8-10,15H,1-7,11-12H2/t15-/m1/s1. The highest BCUT2D eigenvalue weighted by Gasteiger charge is 2.28. The van der Waals surface area contributed by atoms with Gasteiger partial charge in [-0.25, -0.2) is 4.39 Å². The van der Waals surface area contributed by atoms with E-state index in [4.69, 9.17) is 4.74 Å². The highest BCUT2D eigenvalue weighted by atomic mass is 19.1. The summed E-state index contributed by atoms with van der Waals surface area (Å²) in [5.41, 5.74) is 0.155. The van der Waals surface area contributed by atoms with E-state index < -0.39 is 5.82 Å². The van der Waals surface area contributed by atoms with Gasteiger partial charge in [0.25, 0.3) is 5.91 Å². The van der Waals surface area contributed by atoms with Crippen LogP contribution in [0.2, 0.25) is 0 Å². The smallest absolute Gasteiger partial charge is 0.256 e. The number of nitrogens with zero attached hydrogens (tertiary/aromatic N) is 3. The molecule has 24 heavy (non-hydrogen) atoms. The molecule has 3 rings (SSSR count). The molecule has 0 unspecified atom stereocenters. The minimum absolute atomic E-state index is 0.00476. The number of rotatable bonds is 5. The highest BCUT2D eigenvalue weighted by molar-refractivity contribution is 5.96. The van der Waals surface area contributed by atoms with Crippen molar-refractivity contribution in [2.75, 3.05) is 32.8 Å². The molecule has 2 saturated heterocycles. The third-order valence-corrected chi connectivity index (χ3v) is 4.47. The van der Waals surface area contributed by atoms with E-state index in [2.05, 4.69) is 4.98 Å². The zero-order valence-electron chi connectivity index (χ0n) is 13.6. The van der Waals surface area contributed by atoms with Crippen LogP contribution in [0.1, 0.15) is 36.0 Å². The maximum Gasteiger partial charge on any atom is 0.256 e. The summed E-state index contributed by atoms with van der Waals surface area (Å²) in [6, 6.07) is 1.15. The van der Waals surface area contributed by atoms with Gasteiger partial charge in [0.05, 0.1) is 17.9 Å². The van der Waals surface area contributed by atoms with Gasteiger partial charge in [0, 0.05) is 32.4 Å². The molecule has 0 radical (unpaired) electrons. The number of carbonyl (C=O) groups is 2. The van der Waals surface area contributed by atoms with Crippen molar-refractivity contribution in [3.05, 3.63) is 29.8 Å². The Bertz CT molecular complexity index is 598. The van der Waals surface area contributed by atoms with Crippen LogP contribution in [0.25, 0.3) is 0 Å². The van der Waals surface area contributed by atoms with E-state index in [1.165, 1.54) is 11.1 Å². The van der Waals surface area contributed by atoms with Gasteiger partial charge in [0.1, 0.15) is 12.4 Å². The molecule has 7 heteroatoms. The van der Waals surface area contributed by atoms with Crippen LogP contribution < -0.4 is 0 Å². The Morgan fingerprint density at radius 2 is 2.08 bits per heavy atom. The van der Waals surface area contributed by atoms with Gasteiger partial charge in [-0.2, -0.15) is 0 Å². The predicted octanol–water partition coefficient (Wildman–Crippen LogP) is 1.46. The molecule has 1 aromatic rings. The molecular weight excluding hydrogens is 313 g/mol. The molecule has 1 aromatic heterocycles. The van der Waals surface area contributed by atoms with Crippen molar-refractivity contribution in [2.45, 2.75) is 31.8 Å². The van der Waals surface area contributed by atoms with Crippen molar-refractivity contribution in [3.8, 4) is 0 Å². The van der Waals surface area contributed by atoms with Crippen LogP contribution in [0.3, 0.4) is 0 Å². The Hall–Kier alpha value is -2.02. The zero-order chi connectivity index (χ0) is 16.9. The van der Waals surface area contributed by atoms with E-state index in [9.17, 15) is 14.0 Å². The fourth-order valence-corrected chi connectivity index (χ4v) is 3.19. The second kappa shape index (κ2) is 7.70. The van der Waals surface area contributed by atoms with Crippen molar-refractivity contribution >= 4 is 11.8 Å². The first-order valence-corrected chi connectivity index (χ1v) is 8.42. The molecular formula is C17H22FN3O3. The lowest BCUT2D eigenvalue weighted by atomic mass is 10.2. The summed E-state index contributed by atoms with van der Waals surface area (Å²) in [4.78, 5) is 32.1. The lowest BCUT2D eigenvalue weighted by molar-refractivity contribution is -0.131. The van der Waals surface area contributed by atoms with Crippen LogP contribution >= 0.6 is 0 Å². The number of amides is 2. The minimum Gasteiger partial charge on any atom is -0.376 e. The first kappa shape index (κ1) is 16.8. The number of hydrogen-bond donors (Lipinski definition) is 0. The molecule has 3 heterocycles. The average molecular weight is 335 g/mol. The number of ether oxygens (including phenoxy) is 1. The number of pyridine rings is 1. The molecule has 0 saturated carbocycles. The molecule has 2 aliphatic rings. The molecule has 0 N–H and O–H groups in total. The van der Waals surface area contributed by atoms with Gasteiger partial charge in [0.2, 0.25) is 5.91 Å². The first-order valence-electron chi connectivity index (χ1n) is 8.42. The first-order chi connectivity index (χ1) is 11.6. The van der Waals surface area contributed by atoms with Gasteiger partial charge in [-0.3, -0.25) is 14.6 Å². The monoisotopic (exact) mass is 335 g/mol. The number of carbonyl (C=O) groups excluding carboxylic acids is 2. The summed E-state index contributed by atoms with van der Waals surface area (Å²) >= 11 is 0. The Morgan fingerprint density at radius 1 is 1.29 bits per heavy atom. The van der Waals surface area contributed by atoms with Crippen molar-refractivity contribution in [1.82, 2.24) is 14.8 Å². The molecule has 130 valence electrons. The zero-order valence-corrected chi connectivity index (χ0v) is 13.6. The maximum absolute atomic E-state index is 13.4. The number of hydrogen-bond acceptors (Lipinski definition) is 4. The normalized spacial score (nSPS) is 20.4. The summed E-state index contributed by atoms with van der Waals surface area (Å²) in [6.07, 6.45) is 6.13. The maximum atomic E-state index is 13.4. The average Bonchev–Trinajstić information content (AvgIpc) is 3.27. The lowest BCUT2D eigenvalue weighted by Gasteiger charge is -2.27. The quantitative estimate of drug-likeness (QED) is 0.817. The molecule has 6 nitrogen and oxygen atoms in total. The van der Waals surface area contributed by atoms with Crippen LogP contribution in [0, 0.1) is 5.82 Å². The summed E-state index contributed by atoms with van der Waals surface area (Å²) < 4.78 is 19.0. The number of aromatic nitrogens is 1. The SMILES string of the molecule is O=C(CN(C[C@H]1CCCO1)C(=O)c1cncc(F)c1)N1CCCC1. The molecule has 2 aliphatic heterocycles. The number of halogens is 1. The van der Waals surface area contributed by atoms with Gasteiger partial charge < -0.3 is 14.5 Å². The second-order valence-electron chi connectivity index (χ2n) is 6.30. The molecule has 2 amide bonds. The summed E-state index contributed by atoms with van der Waals surface area (Å²) in [6.45, 7) is 2.49. The molecule has 1 atom stereocenters. The van der Waals surface area contributed by atoms with Crippen LogP contribution in [-0.2, 0) is 9.53 Å². The Labute approximate surface area is 140 Å². The molecule has 2 fully saturated rings. The van der Waals surface area contributed by atoms with E-state index in [0.717, 1.165) is 51.0 Å². The van der Waals surface area contributed by atoms with E-state index in [1.54, 1.807) is 4.90 Å². The molecule has 0 aliphatic carbocycles. The van der Waals surface area contributed by atoms with Crippen molar-refractivity contribution in [3.63, 3.8) is 0 Å². The molecule has 0 bridgehead atoms. The van der Waals surface area contributed by atoms with Gasteiger partial charge in [-0.1, -0.05) is 0 Å². The summed E-state index contributed by atoms with van der Waals surface area (Å²) in [5, 5.41) is 0. The van der Waals surface area contributed by atoms with E-state index in [1.807, 2.05) is 0 Å². The highest BCUT2D eigenvalue weighted by Crippen LogP contribution is 2.16. The number of likely N-dealkylation sites (tertiary alicyclic amines) is 1. The molecule has 0 spiro atoms. The Balaban J connectivity index is 1.72. The Kier molecular flexibility index (Phi) is 5.40. The second-order valence-corrected chi connectivity index (χ2v) is 6.30. The van der Waals surface area contributed by atoms with Gasteiger partial charge >= 0.3 is 0 Å². The van der Waals surface area contributed by atoms with Crippen molar-refractivity contribution in [1.29, 1.82) is 0 Å². The largest absolute Gasteiger partial charge is 0.376 e. The van der Waals surface area contributed by atoms with Crippen LogP contribution in [0.5, 0.6) is 0 Å². The third kappa shape index (κ3) is 4.08. The van der Waals surface area contributed by atoms with Crippen LogP contribution in [0.4, 0.5) is 4.39 Å². The van der Waals surface area contributed by atoms with E-state index in [-0.39, 0.29) is 30.0 Å². The third-order valence-electron chi connectivity index (χ3n) is 4.47. The fourth-order valence-electron chi connectivity index (χ4n) is 3.19. The van der Waals surface area contributed by atoms with Crippen molar-refractivity contribution in [2.24, 2.45) is 0 Å². The van der Waals surface area contributed by atoms with Gasteiger partial charge in [0.15, 0.2) is 0 Å². The van der Waals surface area contributed by atoms with E-state index >= 15 is 0 Å². The predicted molar refractivity (Wildman–Crippen MR) is 84.9 cm³/mol. The Morgan fingerprint density at radius 3 is 2.75 bits per heavy atom. The van der Waals surface area contributed by atoms with Gasteiger partial charge in [-0.15, -0.1) is 0 Å². The molecule has 0 aromatic carbocycles. The minimum atomic E-state index is -0.566. The topological polar surface area (TPSA) is 62.7 Å². The van der Waals surface area contributed by atoms with E-state index in [0.29, 0.717) is 13.2 Å². The van der Waals surface area contributed by atoms with Crippen molar-refractivity contribution < 1.29 is 18.7 Å². The summed E-state index contributed by atoms with van der Waals surface area (Å²) in [5.74, 6) is -1.02. The lowest BCUT2D eigenvalue weighted by Crippen LogP contribution is -2.45. The van der Waals surface area contributed by atoms with Crippen LogP contribution in [0.15, 0.2) is 18.5 Å². The fraction of sp³-hybridized carbons (Fsp3) is 0.588. The van der Waals surface area contributed by atoms with Gasteiger partial charge in [-0.05, 0) is 31.7 Å². The van der Waals surface area contributed by atoms with Crippen LogP contribution in [-0.4, -0.2) is 65.5 Å².